The molecule has 1 aromatic carbocycles. The molecule has 2 aliphatic rings. The number of carbonyl (C=O) groups excluding carboxylic acids is 3. The summed E-state index contributed by atoms with van der Waals surface area (Å²) in [7, 11) is 0. The summed E-state index contributed by atoms with van der Waals surface area (Å²) in [5.74, 6) is -1.21. The van der Waals surface area contributed by atoms with Crippen LogP contribution in [0.15, 0.2) is 18.2 Å². The average Bonchev–Trinajstić information content (AvgIpc) is 2.95. The highest BCUT2D eigenvalue weighted by Crippen LogP contribution is 2.29. The maximum Gasteiger partial charge on any atom is 0.401 e. The van der Waals surface area contributed by atoms with Crippen LogP contribution in [0.25, 0.3) is 0 Å². The third-order valence-corrected chi connectivity index (χ3v) is 5.08. The van der Waals surface area contributed by atoms with Crippen molar-refractivity contribution in [1.29, 1.82) is 0 Å². The first-order valence-electron chi connectivity index (χ1n) is 9.43. The van der Waals surface area contributed by atoms with Gasteiger partial charge in [0.05, 0.1) is 6.54 Å². The van der Waals surface area contributed by atoms with E-state index in [2.05, 4.69) is 5.32 Å². The van der Waals surface area contributed by atoms with Crippen LogP contribution in [0.3, 0.4) is 0 Å². The van der Waals surface area contributed by atoms with E-state index in [1.807, 2.05) is 0 Å². The Bertz CT molecular complexity index is 812. The van der Waals surface area contributed by atoms with Crippen molar-refractivity contribution >= 4 is 17.7 Å². The van der Waals surface area contributed by atoms with Crippen LogP contribution < -0.4 is 11.1 Å². The minimum atomic E-state index is -4.33. The molecule has 1 fully saturated rings. The first-order chi connectivity index (χ1) is 13.7. The molecule has 7 nitrogen and oxygen atoms in total. The van der Waals surface area contributed by atoms with Gasteiger partial charge in [-0.1, -0.05) is 12.1 Å². The van der Waals surface area contributed by atoms with Crippen molar-refractivity contribution in [2.75, 3.05) is 19.6 Å². The van der Waals surface area contributed by atoms with Crippen molar-refractivity contribution in [3.63, 3.8) is 0 Å². The zero-order valence-electron chi connectivity index (χ0n) is 15.8. The van der Waals surface area contributed by atoms with Gasteiger partial charge in [-0.2, -0.15) is 13.2 Å². The van der Waals surface area contributed by atoms with Gasteiger partial charge in [0.25, 0.3) is 5.91 Å². The van der Waals surface area contributed by atoms with Gasteiger partial charge >= 0.3 is 6.18 Å². The summed E-state index contributed by atoms with van der Waals surface area (Å²) < 4.78 is 38.5. The van der Waals surface area contributed by atoms with Gasteiger partial charge < -0.3 is 10.6 Å². The molecule has 3 amide bonds. The van der Waals surface area contributed by atoms with Crippen LogP contribution in [0.5, 0.6) is 0 Å². The van der Waals surface area contributed by atoms with Gasteiger partial charge in [0.15, 0.2) is 0 Å². The van der Waals surface area contributed by atoms with Gasteiger partial charge in [-0.05, 0) is 36.6 Å². The Hall–Kier alpha value is -2.46. The van der Waals surface area contributed by atoms with Gasteiger partial charge in [0.2, 0.25) is 11.8 Å². The molecule has 2 aliphatic heterocycles. The Labute approximate surface area is 166 Å². The van der Waals surface area contributed by atoms with Crippen LogP contribution in [0, 0.1) is 0 Å². The number of benzene rings is 1. The summed E-state index contributed by atoms with van der Waals surface area (Å²) in [6.07, 6.45) is -3.47. The summed E-state index contributed by atoms with van der Waals surface area (Å²) >= 11 is 0. The summed E-state index contributed by atoms with van der Waals surface area (Å²) in [5.41, 5.74) is 7.11. The molecule has 3 rings (SSSR count). The lowest BCUT2D eigenvalue weighted by atomic mass is 10.0. The standard InChI is InChI=1S/C19H23F3N4O3/c20-19(21,22)11-25(7-1-6-23)9-12-2-3-13-10-26(18(29)14(13)8-12)15-4-5-16(27)24-17(15)28/h2-3,8,15H,1,4-7,9-11,23H2,(H,24,27,28). The Balaban J connectivity index is 1.73. The monoisotopic (exact) mass is 412 g/mol. The van der Waals surface area contributed by atoms with Crippen molar-refractivity contribution in [3.05, 3.63) is 34.9 Å². The number of nitrogens with one attached hydrogen (secondary N) is 1. The second-order valence-corrected chi connectivity index (χ2v) is 7.36. The van der Waals surface area contributed by atoms with Crippen LogP contribution in [-0.2, 0) is 22.7 Å². The van der Waals surface area contributed by atoms with E-state index in [9.17, 15) is 27.6 Å². The highest BCUT2D eigenvalue weighted by Gasteiger charge is 2.39. The number of nitrogens with two attached hydrogens (primary N) is 1. The lowest BCUT2D eigenvalue weighted by Crippen LogP contribution is -2.52. The van der Waals surface area contributed by atoms with Crippen molar-refractivity contribution < 1.29 is 27.6 Å². The van der Waals surface area contributed by atoms with E-state index in [1.54, 1.807) is 18.2 Å². The molecule has 0 spiro atoms. The first kappa shape index (κ1) is 21.3. The number of amides is 3. The maximum atomic E-state index is 12.8. The number of rotatable bonds is 7. The third kappa shape index (κ3) is 5.13. The largest absolute Gasteiger partial charge is 0.401 e. The molecule has 29 heavy (non-hydrogen) atoms. The number of halogens is 3. The molecule has 1 aromatic rings. The molecule has 10 heteroatoms. The summed E-state index contributed by atoms with van der Waals surface area (Å²) in [6.45, 7) is -0.291. The molecule has 0 aliphatic carbocycles. The van der Waals surface area contributed by atoms with E-state index in [4.69, 9.17) is 5.73 Å². The fourth-order valence-electron chi connectivity index (χ4n) is 3.74. The highest BCUT2D eigenvalue weighted by molar-refractivity contribution is 6.05. The van der Waals surface area contributed by atoms with E-state index in [1.165, 1.54) is 9.80 Å². The van der Waals surface area contributed by atoms with E-state index in [-0.39, 0.29) is 50.8 Å². The number of carbonyl (C=O) groups is 3. The lowest BCUT2D eigenvalue weighted by molar-refractivity contribution is -0.147. The molecule has 1 saturated heterocycles. The Morgan fingerprint density at radius 2 is 2.00 bits per heavy atom. The fourth-order valence-corrected chi connectivity index (χ4v) is 3.74. The summed E-state index contributed by atoms with van der Waals surface area (Å²) in [6, 6.07) is 4.28. The molecule has 2 heterocycles. The molecule has 0 bridgehead atoms. The molecular formula is C19H23F3N4O3. The van der Waals surface area contributed by atoms with E-state index >= 15 is 0 Å². The second-order valence-electron chi connectivity index (χ2n) is 7.36. The van der Waals surface area contributed by atoms with E-state index in [0.717, 1.165) is 0 Å². The number of hydrogen-bond acceptors (Lipinski definition) is 5. The van der Waals surface area contributed by atoms with Crippen molar-refractivity contribution in [2.24, 2.45) is 5.73 Å². The van der Waals surface area contributed by atoms with Gasteiger partial charge in [0, 0.05) is 31.6 Å². The Morgan fingerprint density at radius 1 is 1.24 bits per heavy atom. The normalized spacial score (nSPS) is 19.7. The van der Waals surface area contributed by atoms with E-state index in [0.29, 0.717) is 23.1 Å². The number of alkyl halides is 3. The third-order valence-electron chi connectivity index (χ3n) is 5.08. The Kier molecular flexibility index (Phi) is 6.23. The van der Waals surface area contributed by atoms with Crippen molar-refractivity contribution in [2.45, 2.75) is 44.6 Å². The Morgan fingerprint density at radius 3 is 2.66 bits per heavy atom. The van der Waals surface area contributed by atoms with Crippen molar-refractivity contribution in [1.82, 2.24) is 15.1 Å². The van der Waals surface area contributed by atoms with Gasteiger partial charge in [0.1, 0.15) is 6.04 Å². The average molecular weight is 412 g/mol. The zero-order chi connectivity index (χ0) is 21.2. The van der Waals surface area contributed by atoms with Gasteiger partial charge in [-0.15, -0.1) is 0 Å². The van der Waals surface area contributed by atoms with Crippen LogP contribution >= 0.6 is 0 Å². The molecule has 158 valence electrons. The number of nitrogens with zero attached hydrogens (tertiary/aromatic N) is 2. The lowest BCUT2D eigenvalue weighted by Gasteiger charge is -2.29. The van der Waals surface area contributed by atoms with E-state index < -0.39 is 24.7 Å². The zero-order valence-corrected chi connectivity index (χ0v) is 15.8. The predicted molar refractivity (Wildman–Crippen MR) is 97.5 cm³/mol. The molecule has 0 saturated carbocycles. The molecule has 3 N–H and O–H groups in total. The summed E-state index contributed by atoms with van der Waals surface area (Å²) in [5, 5.41) is 2.24. The van der Waals surface area contributed by atoms with Crippen LogP contribution in [0.2, 0.25) is 0 Å². The number of piperidine rings is 1. The molecule has 1 atom stereocenters. The summed E-state index contributed by atoms with van der Waals surface area (Å²) in [4.78, 5) is 38.9. The van der Waals surface area contributed by atoms with Gasteiger partial charge in [-0.25, -0.2) is 0 Å². The topological polar surface area (TPSA) is 95.7 Å². The maximum absolute atomic E-state index is 12.8. The fraction of sp³-hybridized carbons (Fsp3) is 0.526. The minimum Gasteiger partial charge on any atom is -0.330 e. The quantitative estimate of drug-likeness (QED) is 0.656. The van der Waals surface area contributed by atoms with Crippen LogP contribution in [-0.4, -0.2) is 59.4 Å². The molecule has 0 radical (unpaired) electrons. The predicted octanol–water partition coefficient (Wildman–Crippen LogP) is 1.16. The van der Waals surface area contributed by atoms with Crippen LogP contribution in [0.4, 0.5) is 13.2 Å². The highest BCUT2D eigenvalue weighted by atomic mass is 19.4. The smallest absolute Gasteiger partial charge is 0.330 e. The number of hydrogen-bond donors (Lipinski definition) is 2. The molecule has 0 aromatic heterocycles. The first-order valence-corrected chi connectivity index (χ1v) is 9.43. The molecule has 1 unspecified atom stereocenters. The van der Waals surface area contributed by atoms with Crippen molar-refractivity contribution in [3.8, 4) is 0 Å². The second kappa shape index (κ2) is 8.50. The minimum absolute atomic E-state index is 0.0402. The SMILES string of the molecule is NCCCN(Cc1ccc2c(c1)C(=O)N(C1CCC(=O)NC1=O)C2)CC(F)(F)F. The van der Waals surface area contributed by atoms with Gasteiger partial charge in [-0.3, -0.25) is 24.6 Å². The molecular weight excluding hydrogens is 389 g/mol. The van der Waals surface area contributed by atoms with Crippen LogP contribution in [0.1, 0.15) is 40.7 Å². The number of imide groups is 1. The number of fused-ring (bicyclic) bond motifs is 1.